The molecule has 29 heavy (non-hydrogen) atoms. The lowest BCUT2D eigenvalue weighted by Crippen LogP contribution is -2.46. The van der Waals surface area contributed by atoms with E-state index in [-0.39, 0.29) is 30.8 Å². The fraction of sp³-hybridized carbons (Fsp3) is 0.600. The lowest BCUT2D eigenvalue weighted by atomic mass is 9.77. The molecule has 0 unspecified atom stereocenters. The molecule has 6 nitrogen and oxygen atoms in total. The first-order valence-electron chi connectivity index (χ1n) is 9.43. The number of aliphatic hydroxyl groups is 1. The van der Waals surface area contributed by atoms with Crippen molar-refractivity contribution in [3.8, 4) is 0 Å². The molecule has 0 aromatic heterocycles. The Kier molecular flexibility index (Phi) is 7.65. The van der Waals surface area contributed by atoms with Gasteiger partial charge in [-0.15, -0.1) is 0 Å². The Morgan fingerprint density at radius 1 is 1.24 bits per heavy atom. The quantitative estimate of drug-likeness (QED) is 0.738. The van der Waals surface area contributed by atoms with E-state index in [9.17, 15) is 23.1 Å². The van der Waals surface area contributed by atoms with Gasteiger partial charge in [0.25, 0.3) is 6.47 Å². The molecule has 2 aliphatic rings. The van der Waals surface area contributed by atoms with Crippen LogP contribution in [0.3, 0.4) is 0 Å². The molecule has 0 bridgehead atoms. The third-order valence-corrected chi connectivity index (χ3v) is 5.73. The van der Waals surface area contributed by atoms with E-state index >= 15 is 0 Å². The smallest absolute Gasteiger partial charge is 0.416 e. The molecule has 1 aliphatic heterocycles. The highest BCUT2D eigenvalue weighted by Gasteiger charge is 2.43. The van der Waals surface area contributed by atoms with Crippen molar-refractivity contribution in [2.45, 2.75) is 37.6 Å². The number of carbonyl (C=O) groups excluding carboxylic acids is 1. The number of alkyl halides is 3. The summed E-state index contributed by atoms with van der Waals surface area (Å²) in [6.45, 7) is 0.958. The zero-order valence-electron chi connectivity index (χ0n) is 16.5. The number of carbonyl (C=O) groups is 2. The van der Waals surface area contributed by atoms with Gasteiger partial charge >= 0.3 is 6.18 Å². The molecule has 1 amide bonds. The Bertz CT molecular complexity index is 711. The number of hydrogen-bond donors (Lipinski definition) is 2. The number of amides is 1. The van der Waals surface area contributed by atoms with Crippen LogP contribution in [0.25, 0.3) is 0 Å². The predicted molar refractivity (Wildman–Crippen MR) is 100 cm³/mol. The predicted octanol–water partition coefficient (Wildman–Crippen LogP) is 2.11. The van der Waals surface area contributed by atoms with Gasteiger partial charge in [-0.05, 0) is 50.4 Å². The molecular formula is C20H27F3N2O4. The van der Waals surface area contributed by atoms with Crippen molar-refractivity contribution in [1.29, 1.82) is 0 Å². The number of carboxylic acid groups (broad SMARTS) is 1. The first kappa shape index (κ1) is 23.2. The van der Waals surface area contributed by atoms with Crippen LogP contribution in [0.15, 0.2) is 24.3 Å². The van der Waals surface area contributed by atoms with Crippen LogP contribution in [0.5, 0.6) is 0 Å². The fourth-order valence-electron chi connectivity index (χ4n) is 4.31. The summed E-state index contributed by atoms with van der Waals surface area (Å²) in [4.78, 5) is 24.7. The van der Waals surface area contributed by atoms with Gasteiger partial charge in [0, 0.05) is 19.1 Å². The van der Waals surface area contributed by atoms with E-state index in [4.69, 9.17) is 9.90 Å². The Labute approximate surface area is 167 Å². The van der Waals surface area contributed by atoms with Crippen LogP contribution in [0.2, 0.25) is 0 Å². The average molecular weight is 416 g/mol. The SMILES string of the molecule is CN(C)[C@@H]1C[C@@H]2CN(C(=O)Cc3cccc(C(F)(F)F)c3)C[C@@H]2C[C@H]1O.O=CO. The molecule has 162 valence electrons. The number of aliphatic hydroxyl groups excluding tert-OH is 1. The highest BCUT2D eigenvalue weighted by atomic mass is 19.4. The standard InChI is InChI=1S/C19H25F3N2O2.CH2O2/c1-23(2)16-8-13-10-24(11-14(13)9-17(16)25)18(26)7-12-4-3-5-15(6-12)19(20,21)22;2-1-3/h3-6,13-14,16-17,25H,7-11H2,1-2H3;1H,(H,2,3)/t13-,14+,16-,17-;/m1./s1. The Hall–Kier alpha value is -2.13. The van der Waals surface area contributed by atoms with Crippen LogP contribution in [-0.4, -0.2) is 71.7 Å². The van der Waals surface area contributed by atoms with Crippen molar-refractivity contribution in [3.05, 3.63) is 35.4 Å². The molecular weight excluding hydrogens is 389 g/mol. The number of likely N-dealkylation sites (N-methyl/N-ethyl adjacent to an activating group) is 1. The molecule has 1 aromatic rings. The first-order valence-corrected chi connectivity index (χ1v) is 9.43. The number of rotatable bonds is 3. The van der Waals surface area contributed by atoms with Gasteiger partial charge in [-0.3, -0.25) is 9.59 Å². The van der Waals surface area contributed by atoms with E-state index < -0.39 is 17.8 Å². The van der Waals surface area contributed by atoms with E-state index in [1.54, 1.807) is 11.0 Å². The Morgan fingerprint density at radius 2 is 1.83 bits per heavy atom. The molecule has 0 radical (unpaired) electrons. The maximum Gasteiger partial charge on any atom is 0.416 e. The third kappa shape index (κ3) is 5.93. The van der Waals surface area contributed by atoms with E-state index in [1.807, 2.05) is 19.0 Å². The van der Waals surface area contributed by atoms with E-state index in [0.29, 0.717) is 31.0 Å². The molecule has 3 rings (SSSR count). The van der Waals surface area contributed by atoms with Gasteiger partial charge in [-0.25, -0.2) is 0 Å². The van der Waals surface area contributed by atoms with Crippen LogP contribution in [0, 0.1) is 11.8 Å². The lowest BCUT2D eigenvalue weighted by Gasteiger charge is -2.38. The van der Waals surface area contributed by atoms with Gasteiger partial charge in [0.1, 0.15) is 0 Å². The second kappa shape index (κ2) is 9.58. The van der Waals surface area contributed by atoms with Crippen molar-refractivity contribution in [1.82, 2.24) is 9.80 Å². The van der Waals surface area contributed by atoms with Crippen LogP contribution in [0.4, 0.5) is 13.2 Å². The number of halogens is 3. The zero-order chi connectivity index (χ0) is 21.8. The molecule has 1 heterocycles. The van der Waals surface area contributed by atoms with Gasteiger partial charge in [0.2, 0.25) is 5.91 Å². The summed E-state index contributed by atoms with van der Waals surface area (Å²) in [5.41, 5.74) is -0.347. The summed E-state index contributed by atoms with van der Waals surface area (Å²) in [6, 6.07) is 5.05. The summed E-state index contributed by atoms with van der Waals surface area (Å²) in [6.07, 6.45) is -3.32. The summed E-state index contributed by atoms with van der Waals surface area (Å²) >= 11 is 0. The highest BCUT2D eigenvalue weighted by Crippen LogP contribution is 2.38. The van der Waals surface area contributed by atoms with E-state index in [0.717, 1.165) is 18.6 Å². The van der Waals surface area contributed by atoms with Crippen LogP contribution >= 0.6 is 0 Å². The van der Waals surface area contributed by atoms with Gasteiger partial charge in [-0.2, -0.15) is 13.2 Å². The Morgan fingerprint density at radius 3 is 2.38 bits per heavy atom. The van der Waals surface area contributed by atoms with Crippen molar-refractivity contribution in [2.75, 3.05) is 27.2 Å². The van der Waals surface area contributed by atoms with Gasteiger partial charge in [-0.1, -0.05) is 18.2 Å². The van der Waals surface area contributed by atoms with Crippen molar-refractivity contribution < 1.29 is 33.0 Å². The minimum absolute atomic E-state index is 0.0248. The van der Waals surface area contributed by atoms with Crippen LogP contribution < -0.4 is 0 Å². The maximum atomic E-state index is 12.8. The number of likely N-dealkylation sites (tertiary alicyclic amines) is 1. The maximum absolute atomic E-state index is 12.8. The number of hydrogen-bond acceptors (Lipinski definition) is 4. The molecule has 4 atom stereocenters. The molecule has 2 N–H and O–H groups in total. The minimum atomic E-state index is -4.40. The topological polar surface area (TPSA) is 81.1 Å². The van der Waals surface area contributed by atoms with Crippen LogP contribution in [0.1, 0.15) is 24.0 Å². The molecule has 9 heteroatoms. The van der Waals surface area contributed by atoms with Gasteiger partial charge in [0.15, 0.2) is 0 Å². The second-order valence-electron chi connectivity index (χ2n) is 7.87. The van der Waals surface area contributed by atoms with Crippen LogP contribution in [-0.2, 0) is 22.2 Å². The number of fused-ring (bicyclic) bond motifs is 1. The third-order valence-electron chi connectivity index (χ3n) is 5.73. The molecule has 1 aliphatic carbocycles. The molecule has 2 fully saturated rings. The van der Waals surface area contributed by atoms with Crippen molar-refractivity contribution in [2.24, 2.45) is 11.8 Å². The first-order chi connectivity index (χ1) is 13.6. The van der Waals surface area contributed by atoms with Gasteiger partial charge in [0.05, 0.1) is 18.1 Å². The number of nitrogens with zero attached hydrogens (tertiary/aromatic N) is 2. The minimum Gasteiger partial charge on any atom is -0.483 e. The second-order valence-corrected chi connectivity index (χ2v) is 7.87. The average Bonchev–Trinajstić information content (AvgIpc) is 3.04. The highest BCUT2D eigenvalue weighted by molar-refractivity contribution is 5.79. The fourth-order valence-corrected chi connectivity index (χ4v) is 4.31. The monoisotopic (exact) mass is 416 g/mol. The largest absolute Gasteiger partial charge is 0.483 e. The van der Waals surface area contributed by atoms with Crippen molar-refractivity contribution >= 4 is 12.4 Å². The molecule has 0 spiro atoms. The van der Waals surface area contributed by atoms with Gasteiger partial charge < -0.3 is 20.0 Å². The molecule has 1 saturated heterocycles. The summed E-state index contributed by atoms with van der Waals surface area (Å²) in [5, 5.41) is 17.2. The Balaban J connectivity index is 0.000000941. The lowest BCUT2D eigenvalue weighted by molar-refractivity contribution is -0.138. The zero-order valence-corrected chi connectivity index (χ0v) is 16.5. The van der Waals surface area contributed by atoms with Crippen molar-refractivity contribution in [3.63, 3.8) is 0 Å². The van der Waals surface area contributed by atoms with E-state index in [1.165, 1.54) is 6.07 Å². The summed E-state index contributed by atoms with van der Waals surface area (Å²) < 4.78 is 38.5. The molecule has 1 aromatic carbocycles. The summed E-state index contributed by atoms with van der Waals surface area (Å²) in [7, 11) is 3.89. The number of benzene rings is 1. The van der Waals surface area contributed by atoms with E-state index in [2.05, 4.69) is 0 Å². The normalized spacial score (nSPS) is 26.5. The molecule has 1 saturated carbocycles. The summed E-state index contributed by atoms with van der Waals surface area (Å²) in [5.74, 6) is 0.470.